The van der Waals surface area contributed by atoms with Crippen LogP contribution in [-0.2, 0) is 63.7 Å². The van der Waals surface area contributed by atoms with Gasteiger partial charge in [-0.3, -0.25) is 9.59 Å². The van der Waals surface area contributed by atoms with Crippen LogP contribution in [0.15, 0.2) is 59.3 Å². The Labute approximate surface area is 415 Å². The summed E-state index contributed by atoms with van der Waals surface area (Å²) in [7, 11) is 6.49. The molecular formula is C50H74N4O15S. The summed E-state index contributed by atoms with van der Waals surface area (Å²) in [4.78, 5) is 42.0. The fourth-order valence-electron chi connectivity index (χ4n) is 9.47. The van der Waals surface area contributed by atoms with Gasteiger partial charge in [0.05, 0.1) is 80.0 Å². The number of nitrogens with two attached hydrogens (primary N) is 1. The van der Waals surface area contributed by atoms with Gasteiger partial charge in [-0.15, -0.1) is 11.3 Å². The number of anilines is 1. The van der Waals surface area contributed by atoms with Crippen LogP contribution in [0.1, 0.15) is 58.8 Å². The zero-order valence-corrected chi connectivity index (χ0v) is 42.6. The molecule has 0 amide bonds. The third-order valence-electron chi connectivity index (χ3n) is 13.5. The number of fused-ring (bicyclic) bond motifs is 3. The maximum atomic E-state index is 14.2. The van der Waals surface area contributed by atoms with Crippen LogP contribution < -0.4 is 5.73 Å². The van der Waals surface area contributed by atoms with Gasteiger partial charge in [-0.25, -0.2) is 4.98 Å². The van der Waals surface area contributed by atoms with E-state index in [9.17, 15) is 24.9 Å². The van der Waals surface area contributed by atoms with Gasteiger partial charge in [-0.05, 0) is 84.0 Å². The summed E-state index contributed by atoms with van der Waals surface area (Å²) in [5.74, 6) is -2.19. The highest BCUT2D eigenvalue weighted by Crippen LogP contribution is 2.36. The lowest BCUT2D eigenvalue weighted by Crippen LogP contribution is -2.63. The third kappa shape index (κ3) is 14.7. The first-order valence-corrected chi connectivity index (χ1v) is 24.9. The standard InChI is InChI=1S/C50H74N4O15S/c1-27-13-15-37(55)28(2)20-33-17-18-62-24-34(53-66-26-35-14-16-39(70-35)36-11-10-12-40(51)52-36)25-63-38(29(3)46(33)69-49-45(59)42(54(6)7)43(57)30(4)67-49)21-41(56)64-22-32(19-27)23-65-50-48(61-9)47(60-8)44(58)31(5)68-50/h10-16,19,28-33,38,42-50,57-59H,17-18,20-26H2,1-9H3,(H2,51,52)/b15-13+,27-19+,53-34+/t28-,29+,30-,31-,32+,33?,38-,42+,43-,44-,45-,46-,47-,48-,49+,50-/m1/s1. The average Bonchev–Trinajstić information content (AvgIpc) is 3.80. The van der Waals surface area contributed by atoms with E-state index in [1.54, 1.807) is 51.1 Å². The molecule has 4 aliphatic rings. The SMILES string of the molecule is CO[C@@H]1[C@H](O)[C@@H](C)O[C@@H](OC[C@H]2/C=C(C)/C=C/C(=O)[C@H](C)CC3CCOC/C(=N\OCc4ccc(-c5cccc(N)n5)s4)CO[C@H](CC(=O)OC2)[C@H](C)[C@H]3O[C@@H]2O[C@H](C)[C@@H](O)[C@H](N(C)C)[C@H]2O)[C@@H]1OC. The van der Waals surface area contributed by atoms with Crippen LogP contribution in [0.25, 0.3) is 10.6 Å². The van der Waals surface area contributed by atoms with E-state index in [-0.39, 0.29) is 57.8 Å². The van der Waals surface area contributed by atoms with Crippen LogP contribution in [0, 0.1) is 23.7 Å². The summed E-state index contributed by atoms with van der Waals surface area (Å²) in [5.41, 5.74) is 7.84. The number of ketones is 1. The predicted octanol–water partition coefficient (Wildman–Crippen LogP) is 3.92. The number of carbonyl (C=O) groups excluding carboxylic acids is 2. The highest BCUT2D eigenvalue weighted by atomic mass is 32.1. The Morgan fingerprint density at radius 2 is 1.66 bits per heavy atom. The Hall–Kier alpha value is -3.74. The van der Waals surface area contributed by atoms with Gasteiger partial charge < -0.3 is 73.4 Å². The minimum absolute atomic E-state index is 0.0235. The number of nitrogen functional groups attached to an aromatic ring is 1. The topological polar surface area (TPSA) is 242 Å². The molecule has 6 heterocycles. The Morgan fingerprint density at radius 1 is 0.914 bits per heavy atom. The van der Waals surface area contributed by atoms with Gasteiger partial charge in [-0.2, -0.15) is 0 Å². The number of allylic oxidation sites excluding steroid dienone is 3. The predicted molar refractivity (Wildman–Crippen MR) is 259 cm³/mol. The van der Waals surface area contributed by atoms with Crippen molar-refractivity contribution >= 4 is 34.6 Å². The number of methoxy groups -OCH3 is 2. The average molecular weight is 1000 g/mol. The zero-order chi connectivity index (χ0) is 50.6. The van der Waals surface area contributed by atoms with E-state index < -0.39 is 97.3 Å². The summed E-state index contributed by atoms with van der Waals surface area (Å²) < 4.78 is 55.4. The minimum Gasteiger partial charge on any atom is -0.465 e. The summed E-state index contributed by atoms with van der Waals surface area (Å²) >= 11 is 1.50. The number of pyridine rings is 1. The molecule has 0 radical (unpaired) electrons. The number of cyclic esters (lactones) is 1. The molecule has 2 aromatic heterocycles. The number of ether oxygens (including phenoxy) is 9. The number of oxime groups is 1. The number of likely N-dealkylation sites (N-methyl/N-ethyl adjacent to an activating group) is 1. The van der Waals surface area contributed by atoms with Gasteiger partial charge in [0.2, 0.25) is 0 Å². The molecule has 20 heteroatoms. The number of carbonyl (C=O) groups is 2. The second-order valence-corrected chi connectivity index (χ2v) is 20.2. The normalized spacial score (nSPS) is 37.3. The first-order chi connectivity index (χ1) is 33.5. The van der Waals surface area contributed by atoms with Crippen LogP contribution >= 0.6 is 11.3 Å². The van der Waals surface area contributed by atoms with Gasteiger partial charge in [0.1, 0.15) is 35.9 Å². The van der Waals surface area contributed by atoms with Crippen LogP contribution in [-0.4, -0.2) is 178 Å². The molecule has 390 valence electrons. The van der Waals surface area contributed by atoms with Crippen LogP contribution in [0.5, 0.6) is 0 Å². The number of thiophene rings is 1. The van der Waals surface area contributed by atoms with Crippen molar-refractivity contribution in [3.05, 3.63) is 59.0 Å². The maximum absolute atomic E-state index is 14.2. The number of esters is 1. The van der Waals surface area contributed by atoms with Gasteiger partial charge >= 0.3 is 5.97 Å². The lowest BCUT2D eigenvalue weighted by Gasteiger charge is -2.47. The second-order valence-electron chi connectivity index (χ2n) is 19.1. The molecule has 3 saturated heterocycles. The van der Waals surface area contributed by atoms with Crippen molar-refractivity contribution < 1.29 is 72.4 Å². The monoisotopic (exact) mass is 1000 g/mol. The van der Waals surface area contributed by atoms with E-state index in [2.05, 4.69) is 10.1 Å². The third-order valence-corrected chi connectivity index (χ3v) is 14.6. The minimum atomic E-state index is -1.26. The van der Waals surface area contributed by atoms with E-state index in [0.29, 0.717) is 24.4 Å². The number of hydrogen-bond donors (Lipinski definition) is 4. The Morgan fingerprint density at radius 3 is 2.39 bits per heavy atom. The highest BCUT2D eigenvalue weighted by molar-refractivity contribution is 7.15. The van der Waals surface area contributed by atoms with E-state index in [0.717, 1.165) is 21.0 Å². The Balaban J connectivity index is 1.28. The molecule has 0 aliphatic carbocycles. The number of aliphatic hydroxyl groups excluding tert-OH is 3. The van der Waals surface area contributed by atoms with Crippen LogP contribution in [0.4, 0.5) is 5.82 Å². The van der Waals surface area contributed by atoms with Gasteiger partial charge in [0.15, 0.2) is 25.0 Å². The first-order valence-electron chi connectivity index (χ1n) is 24.1. The Kier molecular flexibility index (Phi) is 20.9. The molecule has 5 N–H and O–H groups in total. The highest BCUT2D eigenvalue weighted by Gasteiger charge is 2.48. The largest absolute Gasteiger partial charge is 0.465 e. The van der Waals surface area contributed by atoms with Gasteiger partial charge in [0.25, 0.3) is 0 Å². The van der Waals surface area contributed by atoms with Gasteiger partial charge in [-0.1, -0.05) is 42.8 Å². The number of rotatable bonds is 12. The number of aliphatic hydroxyl groups is 3. The molecule has 0 spiro atoms. The van der Waals surface area contributed by atoms with Crippen molar-refractivity contribution in [3.8, 4) is 10.6 Å². The smallest absolute Gasteiger partial charge is 0.308 e. The van der Waals surface area contributed by atoms with Crippen LogP contribution in [0.3, 0.4) is 0 Å². The number of aromatic nitrogens is 1. The molecule has 70 heavy (non-hydrogen) atoms. The van der Waals surface area contributed by atoms with Crippen molar-refractivity contribution in [1.29, 1.82) is 0 Å². The lowest BCUT2D eigenvalue weighted by molar-refractivity contribution is -0.305. The molecular weight excluding hydrogens is 929 g/mol. The molecule has 0 saturated carbocycles. The number of nitrogens with zero attached hydrogens (tertiary/aromatic N) is 3. The van der Waals surface area contributed by atoms with Crippen molar-refractivity contribution in [2.45, 2.75) is 134 Å². The molecule has 2 bridgehead atoms. The second kappa shape index (κ2) is 26.3. The molecule has 3 fully saturated rings. The lowest BCUT2D eigenvalue weighted by atomic mass is 9.79. The molecule has 1 unspecified atom stereocenters. The van der Waals surface area contributed by atoms with E-state index in [1.807, 2.05) is 51.1 Å². The van der Waals surface area contributed by atoms with E-state index in [1.165, 1.54) is 25.6 Å². The molecule has 0 aromatic carbocycles. The van der Waals surface area contributed by atoms with Gasteiger partial charge in [0, 0.05) is 43.5 Å². The molecule has 4 aliphatic heterocycles. The Bertz CT molecular complexity index is 2090. The summed E-state index contributed by atoms with van der Waals surface area (Å²) in [6.45, 7) is 9.37. The first kappa shape index (κ1) is 55.6. The van der Waals surface area contributed by atoms with Crippen molar-refractivity contribution in [2.24, 2.45) is 28.8 Å². The summed E-state index contributed by atoms with van der Waals surface area (Å²) in [6, 6.07) is 8.65. The molecule has 16 atom stereocenters. The van der Waals surface area contributed by atoms with Crippen molar-refractivity contribution in [1.82, 2.24) is 9.88 Å². The number of hydrogen-bond acceptors (Lipinski definition) is 20. The molecule has 2 aromatic rings. The maximum Gasteiger partial charge on any atom is 0.308 e. The summed E-state index contributed by atoms with van der Waals surface area (Å²) in [6.07, 6.45) is -3.99. The quantitative estimate of drug-likeness (QED) is 0.174. The molecule has 19 nitrogen and oxygen atoms in total. The molecule has 6 rings (SSSR count). The summed E-state index contributed by atoms with van der Waals surface area (Å²) in [5, 5.41) is 37.9. The zero-order valence-electron chi connectivity index (χ0n) is 41.8. The van der Waals surface area contributed by atoms with E-state index in [4.69, 9.17) is 53.2 Å². The fourth-order valence-corrected chi connectivity index (χ4v) is 10.4. The van der Waals surface area contributed by atoms with E-state index >= 15 is 0 Å². The van der Waals surface area contributed by atoms with Crippen molar-refractivity contribution in [3.63, 3.8) is 0 Å². The van der Waals surface area contributed by atoms with Crippen LogP contribution in [0.2, 0.25) is 0 Å². The fraction of sp³-hybridized carbons (Fsp3) is 0.680. The van der Waals surface area contributed by atoms with Crippen molar-refractivity contribution in [2.75, 3.05) is 67.1 Å².